The fraction of sp³-hybridized carbons (Fsp3) is 0.294. The second-order valence-corrected chi connectivity index (χ2v) is 6.17. The van der Waals surface area contributed by atoms with Gasteiger partial charge in [0.1, 0.15) is 36.6 Å². The van der Waals surface area contributed by atoms with Gasteiger partial charge in [0, 0.05) is 6.20 Å². The van der Waals surface area contributed by atoms with Crippen molar-refractivity contribution < 1.29 is 24.4 Å². The van der Waals surface area contributed by atoms with E-state index in [-0.39, 0.29) is 16.9 Å². The predicted molar refractivity (Wildman–Crippen MR) is 89.2 cm³/mol. The van der Waals surface area contributed by atoms with Crippen LogP contribution in [0.2, 0.25) is 0 Å². The van der Waals surface area contributed by atoms with Crippen LogP contribution >= 0.6 is 0 Å². The molecule has 2 aromatic heterocycles. The second kappa shape index (κ2) is 6.29. The highest BCUT2D eigenvalue weighted by atomic mass is 19.1. The van der Waals surface area contributed by atoms with E-state index >= 15 is 0 Å². The zero-order valence-electron chi connectivity index (χ0n) is 13.5. The first-order valence-electron chi connectivity index (χ1n) is 8.00. The fourth-order valence-electron chi connectivity index (χ4n) is 3.27. The number of nitrogens with zero attached hydrogens (tertiary/aromatic N) is 3. The lowest BCUT2D eigenvalue weighted by Gasteiger charge is -2.21. The van der Waals surface area contributed by atoms with Crippen molar-refractivity contribution >= 4 is 16.9 Å². The van der Waals surface area contributed by atoms with Crippen LogP contribution < -0.4 is 5.73 Å². The molecule has 1 aromatic carbocycles. The van der Waals surface area contributed by atoms with Crippen LogP contribution in [-0.2, 0) is 4.74 Å². The molecule has 0 aliphatic carbocycles. The summed E-state index contributed by atoms with van der Waals surface area (Å²) < 4.78 is 21.2. The maximum atomic E-state index is 14.2. The fourth-order valence-corrected chi connectivity index (χ4v) is 3.27. The molecule has 1 aliphatic heterocycles. The molecule has 3 heterocycles. The van der Waals surface area contributed by atoms with Gasteiger partial charge in [0.25, 0.3) is 0 Å². The average molecular weight is 360 g/mol. The number of aliphatic hydroxyl groups excluding tert-OH is 3. The van der Waals surface area contributed by atoms with E-state index in [4.69, 9.17) is 10.5 Å². The lowest BCUT2D eigenvalue weighted by atomic mass is 9.99. The zero-order chi connectivity index (χ0) is 18.4. The molecule has 4 rings (SSSR count). The van der Waals surface area contributed by atoms with Gasteiger partial charge >= 0.3 is 0 Å². The molecule has 8 nitrogen and oxygen atoms in total. The van der Waals surface area contributed by atoms with Crippen molar-refractivity contribution in [3.63, 3.8) is 0 Å². The van der Waals surface area contributed by atoms with Crippen molar-refractivity contribution in [3.8, 4) is 0 Å². The molecule has 0 spiro atoms. The summed E-state index contributed by atoms with van der Waals surface area (Å²) in [6.07, 6.45) is -3.95. The molecule has 0 unspecified atom stereocenters. The SMILES string of the molecule is Nc1ncnc2c1c(F)cn2[C@@H]1O[C@H]([C@H](O)c2ccccc2)[C@@H](O)[C@H]1O. The van der Waals surface area contributed by atoms with Gasteiger partial charge in [-0.25, -0.2) is 14.4 Å². The summed E-state index contributed by atoms with van der Waals surface area (Å²) in [6, 6.07) is 8.63. The Bertz CT molecular complexity index is 935. The van der Waals surface area contributed by atoms with Crippen LogP contribution in [0.3, 0.4) is 0 Å². The Labute approximate surface area is 147 Å². The third-order valence-corrected chi connectivity index (χ3v) is 4.59. The number of nitrogens with two attached hydrogens (primary N) is 1. The van der Waals surface area contributed by atoms with Crippen LogP contribution in [0.4, 0.5) is 10.2 Å². The molecular formula is C17H17FN4O4. The van der Waals surface area contributed by atoms with Gasteiger partial charge in [0.2, 0.25) is 0 Å². The van der Waals surface area contributed by atoms with Gasteiger partial charge in [-0.05, 0) is 5.56 Å². The molecule has 136 valence electrons. The lowest BCUT2D eigenvalue weighted by molar-refractivity contribution is -0.0849. The van der Waals surface area contributed by atoms with Gasteiger partial charge in [0.05, 0.1) is 5.39 Å². The van der Waals surface area contributed by atoms with Crippen LogP contribution in [0, 0.1) is 5.82 Å². The van der Waals surface area contributed by atoms with Crippen molar-refractivity contribution in [1.29, 1.82) is 0 Å². The Morgan fingerprint density at radius 1 is 1.15 bits per heavy atom. The molecule has 9 heteroatoms. The maximum Gasteiger partial charge on any atom is 0.164 e. The Balaban J connectivity index is 1.70. The van der Waals surface area contributed by atoms with Crippen LogP contribution in [0.5, 0.6) is 0 Å². The van der Waals surface area contributed by atoms with E-state index in [1.54, 1.807) is 30.3 Å². The van der Waals surface area contributed by atoms with E-state index in [1.807, 2.05) is 0 Å². The van der Waals surface area contributed by atoms with Crippen molar-refractivity contribution in [1.82, 2.24) is 14.5 Å². The smallest absolute Gasteiger partial charge is 0.164 e. The van der Waals surface area contributed by atoms with Crippen LogP contribution in [0.1, 0.15) is 17.9 Å². The molecule has 0 bridgehead atoms. The van der Waals surface area contributed by atoms with Crippen LogP contribution in [0.25, 0.3) is 11.0 Å². The van der Waals surface area contributed by atoms with Gasteiger partial charge in [-0.1, -0.05) is 30.3 Å². The van der Waals surface area contributed by atoms with Crippen LogP contribution in [-0.4, -0.2) is 48.2 Å². The number of ether oxygens (including phenoxy) is 1. The number of aliphatic hydroxyl groups is 3. The van der Waals surface area contributed by atoms with E-state index in [1.165, 1.54) is 10.9 Å². The van der Waals surface area contributed by atoms with Crippen molar-refractivity contribution in [2.45, 2.75) is 30.6 Å². The number of aromatic nitrogens is 3. The van der Waals surface area contributed by atoms with E-state index in [0.29, 0.717) is 5.56 Å². The number of benzene rings is 1. The monoisotopic (exact) mass is 360 g/mol. The van der Waals surface area contributed by atoms with E-state index in [0.717, 1.165) is 6.20 Å². The molecule has 5 N–H and O–H groups in total. The number of fused-ring (bicyclic) bond motifs is 1. The lowest BCUT2D eigenvalue weighted by Crippen LogP contribution is -2.34. The first-order chi connectivity index (χ1) is 12.5. The van der Waals surface area contributed by atoms with Gasteiger partial charge in [-0.2, -0.15) is 0 Å². The Hall–Kier alpha value is -2.59. The summed E-state index contributed by atoms with van der Waals surface area (Å²) in [4.78, 5) is 7.74. The number of nitrogen functional groups attached to an aromatic ring is 1. The van der Waals surface area contributed by atoms with E-state index < -0.39 is 36.5 Å². The maximum absolute atomic E-state index is 14.2. The highest BCUT2D eigenvalue weighted by molar-refractivity contribution is 5.86. The first kappa shape index (κ1) is 16.9. The summed E-state index contributed by atoms with van der Waals surface area (Å²) in [5.41, 5.74) is 6.34. The predicted octanol–water partition coefficient (Wildman–Crippen LogP) is 0.505. The summed E-state index contributed by atoms with van der Waals surface area (Å²) >= 11 is 0. The number of hydrogen-bond donors (Lipinski definition) is 4. The van der Waals surface area contributed by atoms with E-state index in [2.05, 4.69) is 9.97 Å². The van der Waals surface area contributed by atoms with Gasteiger partial charge < -0.3 is 30.4 Å². The molecule has 1 saturated heterocycles. The minimum atomic E-state index is -1.40. The molecule has 26 heavy (non-hydrogen) atoms. The van der Waals surface area contributed by atoms with Crippen molar-refractivity contribution in [2.24, 2.45) is 0 Å². The summed E-state index contributed by atoms with van der Waals surface area (Å²) in [5.74, 6) is -0.712. The molecule has 0 amide bonds. The van der Waals surface area contributed by atoms with Gasteiger partial charge in [0.15, 0.2) is 17.7 Å². The summed E-state index contributed by atoms with van der Waals surface area (Å²) in [6.45, 7) is 0. The zero-order valence-corrected chi connectivity index (χ0v) is 13.5. The third-order valence-electron chi connectivity index (χ3n) is 4.59. The molecular weight excluding hydrogens is 343 g/mol. The number of halogens is 1. The average Bonchev–Trinajstić information content (AvgIpc) is 3.14. The molecule has 5 atom stereocenters. The van der Waals surface area contributed by atoms with Crippen molar-refractivity contribution in [3.05, 3.63) is 54.2 Å². The molecule has 1 aliphatic rings. The van der Waals surface area contributed by atoms with Gasteiger partial charge in [-0.15, -0.1) is 0 Å². The number of hydrogen-bond acceptors (Lipinski definition) is 7. The highest BCUT2D eigenvalue weighted by Crippen LogP contribution is 2.38. The quantitative estimate of drug-likeness (QED) is 0.536. The van der Waals surface area contributed by atoms with E-state index in [9.17, 15) is 19.7 Å². The molecule has 3 aromatic rings. The molecule has 1 fully saturated rings. The topological polar surface area (TPSA) is 127 Å². The minimum absolute atomic E-state index is 0.00449. The summed E-state index contributed by atoms with van der Waals surface area (Å²) in [5, 5.41) is 31.3. The third kappa shape index (κ3) is 2.53. The molecule has 0 radical (unpaired) electrons. The molecule has 0 saturated carbocycles. The summed E-state index contributed by atoms with van der Waals surface area (Å²) in [7, 11) is 0. The number of anilines is 1. The first-order valence-corrected chi connectivity index (χ1v) is 8.00. The Morgan fingerprint density at radius 3 is 2.62 bits per heavy atom. The Morgan fingerprint density at radius 2 is 1.88 bits per heavy atom. The normalized spacial score (nSPS) is 27.1. The number of rotatable bonds is 3. The largest absolute Gasteiger partial charge is 0.387 e. The standard InChI is InChI=1S/C17H17FN4O4/c18-9-6-22(16-10(9)15(19)20-7-21-16)17-13(25)12(24)14(26-17)11(23)8-4-2-1-3-5-8/h1-7,11-14,17,23-25H,(H2,19,20,21)/t11-,12+,13-,14-,17-/m1/s1. The minimum Gasteiger partial charge on any atom is -0.387 e. The van der Waals surface area contributed by atoms with Crippen molar-refractivity contribution in [2.75, 3.05) is 5.73 Å². The highest BCUT2D eigenvalue weighted by Gasteiger charge is 2.47. The second-order valence-electron chi connectivity index (χ2n) is 6.17. The van der Waals surface area contributed by atoms with Crippen LogP contribution in [0.15, 0.2) is 42.9 Å². The van der Waals surface area contributed by atoms with Gasteiger partial charge in [-0.3, -0.25) is 0 Å². The Kier molecular flexibility index (Phi) is 4.08.